The number of hydrazine groups is 1. The number of nitrogens with zero attached hydrogens (tertiary/aromatic N) is 1. The molecule has 1 heterocycles. The molecule has 1 aliphatic heterocycles. The highest BCUT2D eigenvalue weighted by molar-refractivity contribution is 5.99. The Morgan fingerprint density at radius 3 is 3.05 bits per heavy atom. The number of ether oxygens (including phenoxy) is 1. The zero-order valence-corrected chi connectivity index (χ0v) is 12.7. The van der Waals surface area contributed by atoms with Gasteiger partial charge in [-0.3, -0.25) is 15.5 Å². The fourth-order valence-corrected chi connectivity index (χ4v) is 2.46. The third-order valence-corrected chi connectivity index (χ3v) is 3.74. The first-order valence-electron chi connectivity index (χ1n) is 7.33. The molecule has 0 bridgehead atoms. The van der Waals surface area contributed by atoms with Crippen LogP contribution in [0.25, 0.3) is 0 Å². The van der Waals surface area contributed by atoms with E-state index >= 15 is 0 Å². The van der Waals surface area contributed by atoms with Gasteiger partial charge in [-0.25, -0.2) is 0 Å². The van der Waals surface area contributed by atoms with Gasteiger partial charge in [0.2, 0.25) is 0 Å². The van der Waals surface area contributed by atoms with Crippen molar-refractivity contribution >= 4 is 11.6 Å². The van der Waals surface area contributed by atoms with Crippen LogP contribution in [-0.2, 0) is 4.74 Å². The van der Waals surface area contributed by atoms with Crippen LogP contribution < -0.4 is 16.6 Å². The number of nitrogens with one attached hydrogen (secondary N) is 2. The van der Waals surface area contributed by atoms with E-state index in [2.05, 4.69) is 22.6 Å². The lowest BCUT2D eigenvalue weighted by Crippen LogP contribution is -2.47. The average Bonchev–Trinajstić information content (AvgIpc) is 2.52. The third kappa shape index (κ3) is 4.17. The topological polar surface area (TPSA) is 79.6 Å². The summed E-state index contributed by atoms with van der Waals surface area (Å²) < 4.78 is 5.68. The van der Waals surface area contributed by atoms with Gasteiger partial charge in [-0.1, -0.05) is 18.6 Å². The molecule has 21 heavy (non-hydrogen) atoms. The largest absolute Gasteiger partial charge is 0.374 e. The summed E-state index contributed by atoms with van der Waals surface area (Å²) in [5.41, 5.74) is 4.76. The van der Waals surface area contributed by atoms with Crippen molar-refractivity contribution in [3.8, 4) is 0 Å². The maximum atomic E-state index is 12.3. The Morgan fingerprint density at radius 1 is 1.52 bits per heavy atom. The van der Waals surface area contributed by atoms with Gasteiger partial charge in [-0.05, 0) is 25.6 Å². The van der Waals surface area contributed by atoms with Crippen LogP contribution in [0.4, 0.5) is 5.69 Å². The Labute approximate surface area is 125 Å². The molecule has 6 nitrogen and oxygen atoms in total. The molecule has 0 saturated carbocycles. The number of amides is 1. The lowest BCUT2D eigenvalue weighted by molar-refractivity contribution is -0.0246. The predicted molar refractivity (Wildman–Crippen MR) is 83.2 cm³/mol. The first-order valence-corrected chi connectivity index (χ1v) is 7.33. The number of morpholine rings is 1. The summed E-state index contributed by atoms with van der Waals surface area (Å²) in [6.45, 7) is 8.12. The third-order valence-electron chi connectivity index (χ3n) is 3.74. The first kappa shape index (κ1) is 15.8. The first-order chi connectivity index (χ1) is 10.1. The molecule has 116 valence electrons. The van der Waals surface area contributed by atoms with Gasteiger partial charge in [-0.15, -0.1) is 0 Å². The van der Waals surface area contributed by atoms with E-state index in [1.807, 2.05) is 19.1 Å². The molecule has 1 aliphatic rings. The minimum atomic E-state index is -0.135. The van der Waals surface area contributed by atoms with Crippen LogP contribution in [0.5, 0.6) is 0 Å². The molecular formula is C15H24N4O2. The number of aryl methyl sites for hydroxylation is 1. The molecule has 6 heteroatoms. The van der Waals surface area contributed by atoms with Gasteiger partial charge in [0.05, 0.1) is 24.0 Å². The molecule has 2 rings (SSSR count). The van der Waals surface area contributed by atoms with Crippen molar-refractivity contribution in [1.82, 2.24) is 10.2 Å². The van der Waals surface area contributed by atoms with Gasteiger partial charge in [-0.2, -0.15) is 0 Å². The minimum Gasteiger partial charge on any atom is -0.374 e. The van der Waals surface area contributed by atoms with E-state index in [1.165, 1.54) is 0 Å². The van der Waals surface area contributed by atoms with Crippen molar-refractivity contribution < 1.29 is 9.53 Å². The van der Waals surface area contributed by atoms with E-state index in [0.717, 1.165) is 25.2 Å². The van der Waals surface area contributed by atoms with E-state index < -0.39 is 0 Å². The summed E-state index contributed by atoms with van der Waals surface area (Å²) in [4.78, 5) is 14.6. The van der Waals surface area contributed by atoms with Crippen molar-refractivity contribution in [2.45, 2.75) is 20.0 Å². The zero-order chi connectivity index (χ0) is 15.2. The van der Waals surface area contributed by atoms with Crippen molar-refractivity contribution in [2.24, 2.45) is 5.84 Å². The van der Waals surface area contributed by atoms with Crippen LogP contribution >= 0.6 is 0 Å². The van der Waals surface area contributed by atoms with E-state index in [9.17, 15) is 4.79 Å². The minimum absolute atomic E-state index is 0.0433. The summed E-state index contributed by atoms with van der Waals surface area (Å²) in [5.74, 6) is 5.32. The van der Waals surface area contributed by atoms with Gasteiger partial charge in [0.15, 0.2) is 0 Å². The van der Waals surface area contributed by atoms with E-state index in [4.69, 9.17) is 10.6 Å². The standard InChI is InChI=1S/C15H24N4O2/c1-3-19-6-7-21-12(10-19)9-17-15(20)13-8-11(2)4-5-14(13)18-16/h4-5,8,12,18H,3,6-7,9-10,16H2,1-2H3,(H,17,20). The Morgan fingerprint density at radius 2 is 2.33 bits per heavy atom. The van der Waals surface area contributed by atoms with Crippen LogP contribution in [0.2, 0.25) is 0 Å². The summed E-state index contributed by atoms with van der Waals surface area (Å²) in [5, 5.41) is 2.93. The van der Waals surface area contributed by atoms with Gasteiger partial charge in [0, 0.05) is 19.6 Å². The van der Waals surface area contributed by atoms with Crippen molar-refractivity contribution in [2.75, 3.05) is 38.2 Å². The van der Waals surface area contributed by atoms with Crippen LogP contribution in [0.1, 0.15) is 22.8 Å². The molecule has 1 fully saturated rings. The zero-order valence-electron chi connectivity index (χ0n) is 12.7. The lowest BCUT2D eigenvalue weighted by Gasteiger charge is -2.32. The second-order valence-corrected chi connectivity index (χ2v) is 5.29. The average molecular weight is 292 g/mol. The number of hydrogen-bond donors (Lipinski definition) is 3. The number of hydrogen-bond acceptors (Lipinski definition) is 5. The lowest BCUT2D eigenvalue weighted by atomic mass is 10.1. The molecule has 0 spiro atoms. The highest BCUT2D eigenvalue weighted by Gasteiger charge is 2.20. The Balaban J connectivity index is 1.94. The maximum Gasteiger partial charge on any atom is 0.253 e. The van der Waals surface area contributed by atoms with Crippen molar-refractivity contribution in [3.05, 3.63) is 29.3 Å². The number of anilines is 1. The van der Waals surface area contributed by atoms with Crippen LogP contribution in [0.3, 0.4) is 0 Å². The predicted octanol–water partition coefficient (Wildman–Crippen LogP) is 0.731. The molecule has 1 amide bonds. The number of benzene rings is 1. The molecule has 4 N–H and O–H groups in total. The molecule has 1 unspecified atom stereocenters. The normalized spacial score (nSPS) is 19.3. The molecule has 0 aliphatic carbocycles. The fraction of sp³-hybridized carbons (Fsp3) is 0.533. The van der Waals surface area contributed by atoms with Crippen molar-refractivity contribution in [1.29, 1.82) is 0 Å². The quantitative estimate of drug-likeness (QED) is 0.551. The molecule has 1 saturated heterocycles. The second-order valence-electron chi connectivity index (χ2n) is 5.29. The van der Waals surface area contributed by atoms with Crippen LogP contribution in [0.15, 0.2) is 18.2 Å². The highest BCUT2D eigenvalue weighted by atomic mass is 16.5. The Hall–Kier alpha value is -1.63. The molecule has 0 aromatic heterocycles. The summed E-state index contributed by atoms with van der Waals surface area (Å²) in [7, 11) is 0. The molecule has 0 radical (unpaired) electrons. The number of rotatable bonds is 5. The molecular weight excluding hydrogens is 268 g/mol. The van der Waals surface area contributed by atoms with Gasteiger partial charge < -0.3 is 15.5 Å². The van der Waals surface area contributed by atoms with Crippen LogP contribution in [-0.4, -0.2) is 49.7 Å². The Kier molecular flexibility index (Phi) is 5.55. The van der Waals surface area contributed by atoms with E-state index in [1.54, 1.807) is 6.07 Å². The molecule has 1 aromatic rings. The number of carbonyl (C=O) groups is 1. The second kappa shape index (κ2) is 7.40. The highest BCUT2D eigenvalue weighted by Crippen LogP contribution is 2.16. The number of nitrogens with two attached hydrogens (primary N) is 1. The van der Waals surface area contributed by atoms with Gasteiger partial charge in [0.25, 0.3) is 5.91 Å². The van der Waals surface area contributed by atoms with Gasteiger partial charge >= 0.3 is 0 Å². The number of carbonyl (C=O) groups excluding carboxylic acids is 1. The Bertz CT molecular complexity index is 493. The smallest absolute Gasteiger partial charge is 0.253 e. The summed E-state index contributed by atoms with van der Waals surface area (Å²) in [6.07, 6.45) is 0.0433. The van der Waals surface area contributed by atoms with Crippen LogP contribution in [0, 0.1) is 6.92 Å². The fourth-order valence-electron chi connectivity index (χ4n) is 2.46. The number of likely N-dealkylation sites (N-methyl/N-ethyl adjacent to an activating group) is 1. The molecule has 1 aromatic carbocycles. The van der Waals surface area contributed by atoms with E-state index in [-0.39, 0.29) is 12.0 Å². The SMILES string of the molecule is CCN1CCOC(CNC(=O)c2cc(C)ccc2NN)C1. The van der Waals surface area contributed by atoms with E-state index in [0.29, 0.717) is 24.4 Å². The van der Waals surface area contributed by atoms with Crippen molar-refractivity contribution in [3.63, 3.8) is 0 Å². The monoisotopic (exact) mass is 292 g/mol. The number of nitrogen functional groups attached to an aromatic ring is 1. The summed E-state index contributed by atoms with van der Waals surface area (Å²) in [6, 6.07) is 5.54. The summed E-state index contributed by atoms with van der Waals surface area (Å²) >= 11 is 0. The molecule has 1 atom stereocenters. The van der Waals surface area contributed by atoms with Gasteiger partial charge in [0.1, 0.15) is 0 Å². The maximum absolute atomic E-state index is 12.3.